The van der Waals surface area contributed by atoms with Crippen molar-refractivity contribution in [3.8, 4) is 5.95 Å². The molecule has 0 spiro atoms. The third kappa shape index (κ3) is 2.68. The summed E-state index contributed by atoms with van der Waals surface area (Å²) in [6.45, 7) is 0. The van der Waals surface area contributed by atoms with Crippen molar-refractivity contribution < 1.29 is 0 Å². The molecule has 0 fully saturated rings. The number of aromatic nitrogens is 6. The van der Waals surface area contributed by atoms with Crippen molar-refractivity contribution in [1.82, 2.24) is 29.7 Å². The van der Waals surface area contributed by atoms with E-state index in [4.69, 9.17) is 5.73 Å². The normalized spacial score (nSPS) is 10.5. The van der Waals surface area contributed by atoms with Crippen molar-refractivity contribution in [1.29, 1.82) is 0 Å². The van der Waals surface area contributed by atoms with Gasteiger partial charge >= 0.3 is 0 Å². The Morgan fingerprint density at radius 2 is 1.89 bits per heavy atom. The summed E-state index contributed by atoms with van der Waals surface area (Å²) < 4.78 is 1.54. The summed E-state index contributed by atoms with van der Waals surface area (Å²) in [5.41, 5.74) is 5.69. The minimum Gasteiger partial charge on any atom is -0.368 e. The highest BCUT2D eigenvalue weighted by Crippen LogP contribution is 2.24. The van der Waals surface area contributed by atoms with Gasteiger partial charge in [-0.15, -0.1) is 0 Å². The first-order valence-corrected chi connectivity index (χ1v) is 6.22. The van der Waals surface area contributed by atoms with Crippen LogP contribution in [0.25, 0.3) is 5.95 Å². The van der Waals surface area contributed by atoms with Crippen molar-refractivity contribution in [2.45, 2.75) is 10.1 Å². The number of nitrogens with zero attached hydrogens (tertiary/aromatic N) is 6. The van der Waals surface area contributed by atoms with Gasteiger partial charge in [0.1, 0.15) is 0 Å². The molecular formula is C11H9N7S. The highest BCUT2D eigenvalue weighted by Gasteiger charge is 2.07. The molecule has 7 nitrogen and oxygen atoms in total. The number of hydrogen-bond acceptors (Lipinski definition) is 7. The molecule has 2 N–H and O–H groups in total. The molecule has 0 bridgehead atoms. The number of hydrogen-bond donors (Lipinski definition) is 1. The molecule has 0 aliphatic carbocycles. The summed E-state index contributed by atoms with van der Waals surface area (Å²) in [6, 6.07) is 5.53. The largest absolute Gasteiger partial charge is 0.368 e. The molecule has 19 heavy (non-hydrogen) atoms. The molecule has 0 amide bonds. The Labute approximate surface area is 112 Å². The first kappa shape index (κ1) is 11.6. The third-order valence-electron chi connectivity index (χ3n) is 2.19. The molecule has 0 aliphatic rings. The first-order chi connectivity index (χ1) is 9.31. The van der Waals surface area contributed by atoms with Gasteiger partial charge in [0.25, 0.3) is 5.95 Å². The number of nitrogen functional groups attached to an aromatic ring is 1. The van der Waals surface area contributed by atoms with Crippen LogP contribution < -0.4 is 5.73 Å². The molecule has 0 atom stereocenters. The SMILES string of the molecule is Nc1nc(Sc2ccncc2)nc(-n2cccn2)n1. The molecule has 8 heteroatoms. The van der Waals surface area contributed by atoms with Crippen LogP contribution in [0.3, 0.4) is 0 Å². The van der Waals surface area contributed by atoms with Crippen LogP contribution in [0, 0.1) is 0 Å². The topological polar surface area (TPSA) is 95.4 Å². The van der Waals surface area contributed by atoms with Gasteiger partial charge in [0.05, 0.1) is 0 Å². The lowest BCUT2D eigenvalue weighted by atomic mass is 10.5. The number of anilines is 1. The Balaban J connectivity index is 1.94. The maximum atomic E-state index is 5.69. The number of pyridine rings is 1. The lowest BCUT2D eigenvalue weighted by molar-refractivity contribution is 0.764. The van der Waals surface area contributed by atoms with Gasteiger partial charge in [-0.25, -0.2) is 4.68 Å². The van der Waals surface area contributed by atoms with Crippen molar-refractivity contribution in [3.63, 3.8) is 0 Å². The minimum atomic E-state index is 0.164. The molecule has 3 aromatic rings. The second-order valence-electron chi connectivity index (χ2n) is 3.51. The van der Waals surface area contributed by atoms with Gasteiger partial charge < -0.3 is 5.73 Å². The van der Waals surface area contributed by atoms with Crippen LogP contribution in [0.5, 0.6) is 0 Å². The van der Waals surface area contributed by atoms with E-state index in [-0.39, 0.29) is 5.95 Å². The quantitative estimate of drug-likeness (QED) is 0.764. The van der Waals surface area contributed by atoms with Gasteiger partial charge in [-0.1, -0.05) is 0 Å². The van der Waals surface area contributed by atoms with Crippen LogP contribution in [0.2, 0.25) is 0 Å². The van der Waals surface area contributed by atoms with Gasteiger partial charge in [-0.3, -0.25) is 4.98 Å². The molecule has 0 aliphatic heterocycles. The lowest BCUT2D eigenvalue weighted by Gasteiger charge is -2.04. The van der Waals surface area contributed by atoms with Crippen LogP contribution in [-0.2, 0) is 0 Å². The van der Waals surface area contributed by atoms with E-state index in [0.717, 1.165) is 4.90 Å². The summed E-state index contributed by atoms with van der Waals surface area (Å²) in [5.74, 6) is 0.561. The fraction of sp³-hybridized carbons (Fsp3) is 0. The summed E-state index contributed by atoms with van der Waals surface area (Å²) in [4.78, 5) is 17.4. The molecule has 3 aromatic heterocycles. The van der Waals surface area contributed by atoms with E-state index in [1.54, 1.807) is 30.9 Å². The van der Waals surface area contributed by atoms with Crippen molar-refractivity contribution in [2.24, 2.45) is 0 Å². The Kier molecular flexibility index (Phi) is 3.07. The monoisotopic (exact) mass is 271 g/mol. The maximum Gasteiger partial charge on any atom is 0.256 e. The second kappa shape index (κ2) is 5.02. The summed E-state index contributed by atoms with van der Waals surface area (Å²) in [7, 11) is 0. The van der Waals surface area contributed by atoms with Crippen LogP contribution in [0.1, 0.15) is 0 Å². The van der Waals surface area contributed by atoms with E-state index >= 15 is 0 Å². The fourth-order valence-corrected chi connectivity index (χ4v) is 2.14. The van der Waals surface area contributed by atoms with Crippen LogP contribution in [0.15, 0.2) is 53.0 Å². The van der Waals surface area contributed by atoms with Gasteiger partial charge in [0.15, 0.2) is 5.16 Å². The average molecular weight is 271 g/mol. The highest BCUT2D eigenvalue weighted by atomic mass is 32.2. The molecule has 3 heterocycles. The van der Waals surface area contributed by atoms with E-state index in [2.05, 4.69) is 25.0 Å². The molecular weight excluding hydrogens is 262 g/mol. The van der Waals surface area contributed by atoms with Crippen LogP contribution in [0.4, 0.5) is 5.95 Å². The van der Waals surface area contributed by atoms with E-state index in [9.17, 15) is 0 Å². The lowest BCUT2D eigenvalue weighted by Crippen LogP contribution is -2.07. The van der Waals surface area contributed by atoms with Gasteiger partial charge in [-0.05, 0) is 30.0 Å². The van der Waals surface area contributed by atoms with Crippen LogP contribution >= 0.6 is 11.8 Å². The standard InChI is InChI=1S/C11H9N7S/c12-9-15-10(18-7-1-4-14-18)17-11(16-9)19-8-2-5-13-6-3-8/h1-7H,(H2,12,15,16,17). The van der Waals surface area contributed by atoms with Gasteiger partial charge in [0.2, 0.25) is 5.95 Å². The average Bonchev–Trinajstić information content (AvgIpc) is 2.93. The van der Waals surface area contributed by atoms with Gasteiger partial charge in [-0.2, -0.15) is 20.1 Å². The number of nitrogens with two attached hydrogens (primary N) is 1. The Morgan fingerprint density at radius 1 is 1.05 bits per heavy atom. The maximum absolute atomic E-state index is 5.69. The summed E-state index contributed by atoms with van der Waals surface area (Å²) in [5, 5.41) is 4.58. The molecule has 0 aromatic carbocycles. The Morgan fingerprint density at radius 3 is 2.63 bits per heavy atom. The van der Waals surface area contributed by atoms with E-state index in [1.165, 1.54) is 16.4 Å². The van der Waals surface area contributed by atoms with Crippen molar-refractivity contribution >= 4 is 17.7 Å². The third-order valence-corrected chi connectivity index (χ3v) is 3.06. The molecule has 0 saturated heterocycles. The molecule has 3 rings (SSSR count). The predicted octanol–water partition coefficient (Wildman–Crippen LogP) is 1.19. The van der Waals surface area contributed by atoms with E-state index in [0.29, 0.717) is 11.1 Å². The molecule has 0 saturated carbocycles. The zero-order valence-electron chi connectivity index (χ0n) is 9.71. The smallest absolute Gasteiger partial charge is 0.256 e. The second-order valence-corrected chi connectivity index (χ2v) is 4.55. The highest BCUT2D eigenvalue weighted by molar-refractivity contribution is 7.99. The fourth-order valence-electron chi connectivity index (χ4n) is 1.41. The van der Waals surface area contributed by atoms with E-state index < -0.39 is 0 Å². The van der Waals surface area contributed by atoms with Crippen LogP contribution in [-0.4, -0.2) is 29.7 Å². The van der Waals surface area contributed by atoms with Crippen molar-refractivity contribution in [3.05, 3.63) is 43.0 Å². The zero-order chi connectivity index (χ0) is 13.1. The summed E-state index contributed by atoms with van der Waals surface area (Å²) in [6.07, 6.45) is 6.81. The Hall–Kier alpha value is -2.48. The molecule has 0 radical (unpaired) electrons. The van der Waals surface area contributed by atoms with E-state index in [1.807, 2.05) is 12.1 Å². The number of rotatable bonds is 3. The Bertz CT molecular complexity index is 669. The first-order valence-electron chi connectivity index (χ1n) is 5.41. The summed E-state index contributed by atoms with van der Waals surface area (Å²) >= 11 is 1.39. The van der Waals surface area contributed by atoms with Crippen molar-refractivity contribution in [2.75, 3.05) is 5.73 Å². The zero-order valence-corrected chi connectivity index (χ0v) is 10.5. The molecule has 0 unspecified atom stereocenters. The molecule has 94 valence electrons. The predicted molar refractivity (Wildman–Crippen MR) is 69.7 cm³/mol. The van der Waals surface area contributed by atoms with Gasteiger partial charge in [0, 0.05) is 29.7 Å². The minimum absolute atomic E-state index is 0.164.